The number of carbonyl (C=O) groups excluding carboxylic acids is 1. The van der Waals surface area contributed by atoms with Crippen molar-refractivity contribution in [2.75, 3.05) is 5.73 Å². The molecule has 1 saturated carbocycles. The van der Waals surface area contributed by atoms with Crippen molar-refractivity contribution in [2.24, 2.45) is 5.92 Å². The first-order chi connectivity index (χ1) is 9.11. The third-order valence-electron chi connectivity index (χ3n) is 3.98. The van der Waals surface area contributed by atoms with Gasteiger partial charge in [-0.25, -0.2) is 0 Å². The number of anilines is 1. The molecule has 2 unspecified atom stereocenters. The Morgan fingerprint density at radius 3 is 2.89 bits per heavy atom. The Morgan fingerprint density at radius 2 is 2.16 bits per heavy atom. The Balaban J connectivity index is 2.09. The minimum Gasteiger partial charge on any atom is -0.399 e. The molecular formula is C15H21ClN2O. The predicted octanol–water partition coefficient (Wildman–Crippen LogP) is 3.62. The largest absolute Gasteiger partial charge is 0.399 e. The summed E-state index contributed by atoms with van der Waals surface area (Å²) in [6.45, 7) is 2.18. The highest BCUT2D eigenvalue weighted by atomic mass is 35.5. The summed E-state index contributed by atoms with van der Waals surface area (Å²) in [6, 6.07) is 5.28. The third kappa shape index (κ3) is 3.41. The molecule has 0 heterocycles. The fourth-order valence-corrected chi connectivity index (χ4v) is 3.05. The van der Waals surface area contributed by atoms with Crippen LogP contribution in [-0.2, 0) is 0 Å². The van der Waals surface area contributed by atoms with E-state index in [4.69, 9.17) is 17.3 Å². The summed E-state index contributed by atoms with van der Waals surface area (Å²) in [6.07, 6.45) is 5.82. The minimum atomic E-state index is -0.109. The zero-order valence-corrected chi connectivity index (χ0v) is 12.0. The van der Waals surface area contributed by atoms with E-state index < -0.39 is 0 Å². The zero-order valence-electron chi connectivity index (χ0n) is 11.3. The van der Waals surface area contributed by atoms with Crippen molar-refractivity contribution in [1.29, 1.82) is 0 Å². The van der Waals surface area contributed by atoms with Crippen LogP contribution in [0.4, 0.5) is 5.69 Å². The highest BCUT2D eigenvalue weighted by molar-refractivity contribution is 6.34. The molecule has 0 bridgehead atoms. The van der Waals surface area contributed by atoms with Crippen LogP contribution in [-0.4, -0.2) is 11.9 Å². The number of nitrogens with two attached hydrogens (primary N) is 1. The summed E-state index contributed by atoms with van der Waals surface area (Å²) >= 11 is 6.06. The van der Waals surface area contributed by atoms with Crippen molar-refractivity contribution in [3.05, 3.63) is 28.8 Å². The van der Waals surface area contributed by atoms with Crippen molar-refractivity contribution in [3.63, 3.8) is 0 Å². The number of carbonyl (C=O) groups is 1. The fraction of sp³-hybridized carbons (Fsp3) is 0.533. The summed E-state index contributed by atoms with van der Waals surface area (Å²) in [5.41, 5.74) is 6.75. The normalized spacial score (nSPS) is 23.1. The Kier molecular flexibility index (Phi) is 4.70. The summed E-state index contributed by atoms with van der Waals surface area (Å²) in [5.74, 6) is 0.472. The summed E-state index contributed by atoms with van der Waals surface area (Å²) < 4.78 is 0. The molecule has 0 spiro atoms. The van der Waals surface area contributed by atoms with Crippen molar-refractivity contribution in [3.8, 4) is 0 Å². The van der Waals surface area contributed by atoms with Gasteiger partial charge in [0, 0.05) is 11.7 Å². The minimum absolute atomic E-state index is 0.109. The second kappa shape index (κ2) is 6.29. The van der Waals surface area contributed by atoms with Crippen LogP contribution in [0.2, 0.25) is 5.02 Å². The van der Waals surface area contributed by atoms with E-state index in [-0.39, 0.29) is 11.9 Å². The molecule has 1 amide bonds. The molecule has 0 aliphatic heterocycles. The lowest BCUT2D eigenvalue weighted by Gasteiger charge is -2.31. The van der Waals surface area contributed by atoms with Gasteiger partial charge in [-0.3, -0.25) is 4.79 Å². The number of rotatable bonds is 3. The number of halogens is 1. The fourth-order valence-electron chi connectivity index (χ4n) is 2.85. The van der Waals surface area contributed by atoms with Gasteiger partial charge < -0.3 is 11.1 Å². The molecule has 0 aromatic heterocycles. The number of benzene rings is 1. The number of hydrogen-bond donors (Lipinski definition) is 2. The molecule has 4 heteroatoms. The highest BCUT2D eigenvalue weighted by Crippen LogP contribution is 2.27. The Labute approximate surface area is 119 Å². The summed E-state index contributed by atoms with van der Waals surface area (Å²) in [4.78, 5) is 12.3. The molecule has 1 aromatic carbocycles. The first-order valence-corrected chi connectivity index (χ1v) is 7.35. The third-order valence-corrected chi connectivity index (χ3v) is 4.31. The molecule has 1 aliphatic rings. The number of amides is 1. The highest BCUT2D eigenvalue weighted by Gasteiger charge is 2.25. The van der Waals surface area contributed by atoms with E-state index in [0.717, 1.165) is 12.8 Å². The number of hydrogen-bond acceptors (Lipinski definition) is 2. The van der Waals surface area contributed by atoms with Crippen LogP contribution in [0.15, 0.2) is 18.2 Å². The second-order valence-corrected chi connectivity index (χ2v) is 5.68. The van der Waals surface area contributed by atoms with Crippen LogP contribution in [0.5, 0.6) is 0 Å². The van der Waals surface area contributed by atoms with E-state index in [1.807, 2.05) is 0 Å². The topological polar surface area (TPSA) is 55.1 Å². The zero-order chi connectivity index (χ0) is 13.8. The maximum Gasteiger partial charge on any atom is 0.253 e. The van der Waals surface area contributed by atoms with Crippen molar-refractivity contribution >= 4 is 23.2 Å². The van der Waals surface area contributed by atoms with Crippen LogP contribution in [0.25, 0.3) is 0 Å². The number of nitrogen functional groups attached to an aromatic ring is 1. The van der Waals surface area contributed by atoms with Gasteiger partial charge in [0.1, 0.15) is 0 Å². The van der Waals surface area contributed by atoms with Gasteiger partial charge in [-0.1, -0.05) is 37.8 Å². The first-order valence-electron chi connectivity index (χ1n) is 6.97. The molecule has 3 nitrogen and oxygen atoms in total. The van der Waals surface area contributed by atoms with E-state index in [1.165, 1.54) is 19.3 Å². The summed E-state index contributed by atoms with van der Waals surface area (Å²) in [5, 5.41) is 3.58. The predicted molar refractivity (Wildman–Crippen MR) is 79.4 cm³/mol. The lowest BCUT2D eigenvalue weighted by Crippen LogP contribution is -2.42. The summed E-state index contributed by atoms with van der Waals surface area (Å²) in [7, 11) is 0. The van der Waals surface area contributed by atoms with Crippen LogP contribution >= 0.6 is 11.6 Å². The quantitative estimate of drug-likeness (QED) is 0.831. The van der Waals surface area contributed by atoms with E-state index >= 15 is 0 Å². The first kappa shape index (κ1) is 14.2. The van der Waals surface area contributed by atoms with E-state index in [0.29, 0.717) is 22.2 Å². The van der Waals surface area contributed by atoms with Crippen LogP contribution < -0.4 is 11.1 Å². The van der Waals surface area contributed by atoms with Crippen LogP contribution in [0.3, 0.4) is 0 Å². The van der Waals surface area contributed by atoms with Crippen molar-refractivity contribution in [1.82, 2.24) is 5.32 Å². The molecule has 19 heavy (non-hydrogen) atoms. The molecule has 3 N–H and O–H groups in total. The van der Waals surface area contributed by atoms with Gasteiger partial charge in [-0.2, -0.15) is 0 Å². The maximum atomic E-state index is 12.3. The lowest BCUT2D eigenvalue weighted by atomic mass is 9.83. The van der Waals surface area contributed by atoms with E-state index in [1.54, 1.807) is 18.2 Å². The van der Waals surface area contributed by atoms with Gasteiger partial charge in [0.25, 0.3) is 5.91 Å². The second-order valence-electron chi connectivity index (χ2n) is 5.27. The van der Waals surface area contributed by atoms with Crippen LogP contribution in [0, 0.1) is 5.92 Å². The molecule has 1 fully saturated rings. The standard InChI is InChI=1S/C15H21ClN2O/c1-2-10-5-3-4-6-14(10)18-15(19)12-9-11(17)7-8-13(12)16/h7-10,14H,2-6,17H2,1H3,(H,18,19). The van der Waals surface area contributed by atoms with Gasteiger partial charge in [-0.15, -0.1) is 0 Å². The molecule has 1 aromatic rings. The molecule has 104 valence electrons. The average molecular weight is 281 g/mol. The van der Waals surface area contributed by atoms with Gasteiger partial charge in [0.2, 0.25) is 0 Å². The van der Waals surface area contributed by atoms with Gasteiger partial charge in [-0.05, 0) is 37.0 Å². The maximum absolute atomic E-state index is 12.3. The molecular weight excluding hydrogens is 260 g/mol. The smallest absolute Gasteiger partial charge is 0.253 e. The van der Waals surface area contributed by atoms with Crippen molar-refractivity contribution in [2.45, 2.75) is 45.1 Å². The molecule has 2 rings (SSSR count). The Morgan fingerprint density at radius 1 is 1.42 bits per heavy atom. The average Bonchev–Trinajstić information content (AvgIpc) is 2.42. The van der Waals surface area contributed by atoms with Gasteiger partial charge >= 0.3 is 0 Å². The Hall–Kier alpha value is -1.22. The van der Waals surface area contributed by atoms with E-state index in [2.05, 4.69) is 12.2 Å². The molecule has 2 atom stereocenters. The van der Waals surface area contributed by atoms with Gasteiger partial charge in [0.05, 0.1) is 10.6 Å². The van der Waals surface area contributed by atoms with Crippen molar-refractivity contribution < 1.29 is 4.79 Å². The lowest BCUT2D eigenvalue weighted by molar-refractivity contribution is 0.0905. The number of nitrogens with one attached hydrogen (secondary N) is 1. The SMILES string of the molecule is CCC1CCCCC1NC(=O)c1cc(N)ccc1Cl. The molecule has 0 saturated heterocycles. The van der Waals surface area contributed by atoms with Crippen LogP contribution in [0.1, 0.15) is 49.4 Å². The Bertz CT molecular complexity index is 461. The van der Waals surface area contributed by atoms with E-state index in [9.17, 15) is 4.79 Å². The molecule has 0 radical (unpaired) electrons. The monoisotopic (exact) mass is 280 g/mol. The molecule has 1 aliphatic carbocycles. The van der Waals surface area contributed by atoms with Gasteiger partial charge in [0.15, 0.2) is 0 Å².